The summed E-state index contributed by atoms with van der Waals surface area (Å²) in [6.45, 7) is 10.9. The third kappa shape index (κ3) is 10.6. The predicted molar refractivity (Wildman–Crippen MR) is 199 cm³/mol. The van der Waals surface area contributed by atoms with E-state index in [1.807, 2.05) is 24.8 Å². The van der Waals surface area contributed by atoms with Gasteiger partial charge in [-0.25, -0.2) is 0 Å². The molecule has 1 atom stereocenters. The van der Waals surface area contributed by atoms with Gasteiger partial charge in [0.25, 0.3) is 11.8 Å². The fourth-order valence-electron chi connectivity index (χ4n) is 6.96. The lowest BCUT2D eigenvalue weighted by atomic mass is 9.86. The van der Waals surface area contributed by atoms with E-state index < -0.39 is 29.7 Å². The quantitative estimate of drug-likeness (QED) is 0.102. The lowest BCUT2D eigenvalue weighted by molar-refractivity contribution is -0.136. The van der Waals surface area contributed by atoms with E-state index in [-0.39, 0.29) is 36.0 Å². The highest BCUT2D eigenvalue weighted by molar-refractivity contribution is 6.25. The minimum atomic E-state index is -1.01. The van der Waals surface area contributed by atoms with Gasteiger partial charge in [0.05, 0.1) is 82.2 Å². The van der Waals surface area contributed by atoms with E-state index in [4.69, 9.17) is 29.4 Å². The highest BCUT2D eigenvalue weighted by Gasteiger charge is 2.45. The van der Waals surface area contributed by atoms with Crippen LogP contribution in [0.1, 0.15) is 83.7 Å². The van der Waals surface area contributed by atoms with Crippen molar-refractivity contribution >= 4 is 40.9 Å². The number of nitrogen functional groups attached to an aromatic ring is 1. The van der Waals surface area contributed by atoms with Crippen molar-refractivity contribution in [1.29, 1.82) is 0 Å². The third-order valence-electron chi connectivity index (χ3n) is 9.65. The number of nitrogens with two attached hydrogens (primary N) is 1. The van der Waals surface area contributed by atoms with Crippen LogP contribution in [0.3, 0.4) is 0 Å². The Morgan fingerprint density at radius 3 is 2.19 bits per heavy atom. The van der Waals surface area contributed by atoms with Gasteiger partial charge in [0.2, 0.25) is 17.7 Å². The Bertz CT molecular complexity index is 1660. The number of ether oxygens (including phenoxy) is 5. The van der Waals surface area contributed by atoms with E-state index in [9.17, 15) is 24.0 Å². The number of anilines is 2. The van der Waals surface area contributed by atoms with Gasteiger partial charge in [-0.15, -0.1) is 0 Å². The zero-order valence-electron chi connectivity index (χ0n) is 31.5. The molecule has 1 unspecified atom stereocenters. The molecule has 0 aromatic heterocycles. The molecule has 294 valence electrons. The van der Waals surface area contributed by atoms with E-state index in [0.717, 1.165) is 29.1 Å². The largest absolute Gasteiger partial charge is 0.489 e. The van der Waals surface area contributed by atoms with Gasteiger partial charge in [0, 0.05) is 31.7 Å². The summed E-state index contributed by atoms with van der Waals surface area (Å²) in [4.78, 5) is 65.6. The van der Waals surface area contributed by atoms with Crippen LogP contribution in [0, 0.1) is 6.92 Å². The maximum absolute atomic E-state index is 13.2. The molecule has 5 rings (SSSR count). The number of nitrogens with one attached hydrogen (secondary N) is 2. The lowest BCUT2D eigenvalue weighted by Gasteiger charge is -2.33. The zero-order valence-corrected chi connectivity index (χ0v) is 31.5. The van der Waals surface area contributed by atoms with Crippen molar-refractivity contribution in [2.24, 2.45) is 0 Å². The number of carbonyl (C=O) groups excluding carboxylic acids is 5. The molecule has 2 aromatic rings. The molecule has 0 aliphatic carbocycles. The molecule has 5 amide bonds. The Balaban J connectivity index is 0.858. The van der Waals surface area contributed by atoms with Crippen LogP contribution >= 0.6 is 0 Å². The van der Waals surface area contributed by atoms with Gasteiger partial charge < -0.3 is 39.6 Å². The van der Waals surface area contributed by atoms with Crippen molar-refractivity contribution in [1.82, 2.24) is 15.1 Å². The van der Waals surface area contributed by atoms with Crippen LogP contribution in [-0.4, -0.2) is 124 Å². The van der Waals surface area contributed by atoms with Crippen LogP contribution in [0.5, 0.6) is 5.75 Å². The highest BCUT2D eigenvalue weighted by Crippen LogP contribution is 2.36. The number of nitrogens with zero attached hydrogens (tertiary/aromatic N) is 2. The number of hydrogen-bond acceptors (Lipinski definition) is 12. The number of fused-ring (bicyclic) bond motifs is 1. The molecule has 3 heterocycles. The summed E-state index contributed by atoms with van der Waals surface area (Å²) >= 11 is 0. The fourth-order valence-corrected chi connectivity index (χ4v) is 6.96. The molecule has 0 saturated carbocycles. The van der Waals surface area contributed by atoms with Crippen LogP contribution in [0.4, 0.5) is 11.4 Å². The van der Waals surface area contributed by atoms with E-state index in [0.29, 0.717) is 96.2 Å². The summed E-state index contributed by atoms with van der Waals surface area (Å²) in [5.41, 5.74) is 10.1. The smallest absolute Gasteiger partial charge is 0.264 e. The Morgan fingerprint density at radius 1 is 0.889 bits per heavy atom. The molecule has 3 aliphatic rings. The molecule has 2 aromatic carbocycles. The fraction of sp³-hybridized carbons (Fsp3) is 0.564. The molecule has 15 heteroatoms. The number of imide groups is 2. The van der Waals surface area contributed by atoms with Gasteiger partial charge in [-0.1, -0.05) is 6.07 Å². The first-order chi connectivity index (χ1) is 26.0. The topological polar surface area (TPSA) is 188 Å². The maximum atomic E-state index is 13.2. The van der Waals surface area contributed by atoms with Crippen molar-refractivity contribution < 1.29 is 47.7 Å². The minimum Gasteiger partial charge on any atom is -0.489 e. The number of amides is 5. The molecule has 4 N–H and O–H groups in total. The molecular formula is C39H53N5O10. The normalized spacial score (nSPS) is 17.7. The summed E-state index contributed by atoms with van der Waals surface area (Å²) in [5.74, 6) is -0.981. The number of hydrogen-bond donors (Lipinski definition) is 3. The second-order valence-corrected chi connectivity index (χ2v) is 13.9. The SMILES string of the molecule is Cc1cc(N)c(OC(C)C)cc1C1CCN(C(=O)CCOCCOCCOCCOCCNc2cccc3c2C(=O)N(C2CCC(=O)NC2=O)C3=O)CC1. The molecule has 3 aliphatic heterocycles. The molecule has 0 spiro atoms. The van der Waals surface area contributed by atoms with E-state index in [1.54, 1.807) is 18.2 Å². The van der Waals surface area contributed by atoms with Crippen LogP contribution < -0.4 is 21.1 Å². The second-order valence-electron chi connectivity index (χ2n) is 13.9. The van der Waals surface area contributed by atoms with Gasteiger partial charge >= 0.3 is 0 Å². The average Bonchev–Trinajstić information content (AvgIpc) is 3.40. The molecule has 2 saturated heterocycles. The maximum Gasteiger partial charge on any atom is 0.264 e. The van der Waals surface area contributed by atoms with Crippen LogP contribution in [0.15, 0.2) is 30.3 Å². The average molecular weight is 752 g/mol. The lowest BCUT2D eigenvalue weighted by Crippen LogP contribution is -2.54. The van der Waals surface area contributed by atoms with Gasteiger partial charge in [-0.2, -0.15) is 0 Å². The van der Waals surface area contributed by atoms with Gasteiger partial charge in [-0.05, 0) is 81.3 Å². The Hall–Kier alpha value is -4.57. The second kappa shape index (κ2) is 19.7. The molecule has 0 bridgehead atoms. The molecule has 0 radical (unpaired) electrons. The molecule has 15 nitrogen and oxygen atoms in total. The first kappa shape index (κ1) is 40.6. The summed E-state index contributed by atoms with van der Waals surface area (Å²) < 4.78 is 28.2. The van der Waals surface area contributed by atoms with Crippen molar-refractivity contribution in [3.8, 4) is 5.75 Å². The van der Waals surface area contributed by atoms with Crippen LogP contribution in [0.25, 0.3) is 0 Å². The van der Waals surface area contributed by atoms with E-state index >= 15 is 0 Å². The first-order valence-electron chi connectivity index (χ1n) is 18.8. The van der Waals surface area contributed by atoms with E-state index in [2.05, 4.69) is 23.6 Å². The monoisotopic (exact) mass is 751 g/mol. The van der Waals surface area contributed by atoms with Gasteiger partial charge in [-0.3, -0.25) is 34.2 Å². The number of likely N-dealkylation sites (tertiary alicyclic amines) is 1. The zero-order chi connectivity index (χ0) is 38.6. The summed E-state index contributed by atoms with van der Waals surface area (Å²) in [5, 5.41) is 5.34. The third-order valence-corrected chi connectivity index (χ3v) is 9.65. The molecule has 2 fully saturated rings. The summed E-state index contributed by atoms with van der Waals surface area (Å²) in [7, 11) is 0. The number of carbonyl (C=O) groups is 5. The van der Waals surface area contributed by atoms with Gasteiger partial charge in [0.1, 0.15) is 11.8 Å². The molecular weight excluding hydrogens is 698 g/mol. The summed E-state index contributed by atoms with van der Waals surface area (Å²) in [6.07, 6.45) is 2.35. The Morgan fingerprint density at radius 2 is 1.54 bits per heavy atom. The van der Waals surface area contributed by atoms with E-state index in [1.165, 1.54) is 5.56 Å². The summed E-state index contributed by atoms with van der Waals surface area (Å²) in [6, 6.07) is 7.95. The van der Waals surface area contributed by atoms with Crippen molar-refractivity contribution in [3.05, 3.63) is 52.6 Å². The van der Waals surface area contributed by atoms with Crippen molar-refractivity contribution in [3.63, 3.8) is 0 Å². The van der Waals surface area contributed by atoms with Crippen molar-refractivity contribution in [2.75, 3.05) is 83.5 Å². The number of piperidine rings is 2. The van der Waals surface area contributed by atoms with Gasteiger partial charge in [0.15, 0.2) is 0 Å². The number of benzene rings is 2. The standard InChI is InChI=1S/C39H53N5O10/c1-25(2)54-33-24-29(26(3)23-30(33)40)27-9-13-43(14-10-27)35(46)11-15-50-17-19-52-21-22-53-20-18-51-16-12-41-31-6-4-5-28-36(31)39(49)44(38(28)48)32-7-8-34(45)42-37(32)47/h4-6,23-25,27,32,41H,7-22,40H2,1-3H3,(H,42,45,47). The highest BCUT2D eigenvalue weighted by atomic mass is 16.6. The molecule has 54 heavy (non-hydrogen) atoms. The van der Waals surface area contributed by atoms with Crippen LogP contribution in [0.2, 0.25) is 0 Å². The number of rotatable bonds is 20. The number of aryl methyl sites for hydroxylation is 1. The Labute approximate surface area is 316 Å². The first-order valence-corrected chi connectivity index (χ1v) is 18.8. The Kier molecular flexibility index (Phi) is 14.8. The minimum absolute atomic E-state index is 0.0475. The predicted octanol–water partition coefficient (Wildman–Crippen LogP) is 3.04. The van der Waals surface area contributed by atoms with Crippen molar-refractivity contribution in [2.45, 2.75) is 70.9 Å². The van der Waals surface area contributed by atoms with Crippen LogP contribution in [-0.2, 0) is 33.3 Å².